The molecule has 22 heavy (non-hydrogen) atoms. The van der Waals surface area contributed by atoms with Crippen LogP contribution in [-0.4, -0.2) is 33.4 Å². The maximum Gasteiger partial charge on any atom is 0.272 e. The van der Waals surface area contributed by atoms with Crippen molar-refractivity contribution in [2.45, 2.75) is 53.2 Å². The average Bonchev–Trinajstić information content (AvgIpc) is 2.78. The molecule has 2 N–H and O–H groups in total. The first-order chi connectivity index (χ1) is 10.2. The summed E-state index contributed by atoms with van der Waals surface area (Å²) in [6, 6.07) is 0. The molecule has 1 amide bonds. The fourth-order valence-electron chi connectivity index (χ4n) is 2.16. The van der Waals surface area contributed by atoms with E-state index in [0.29, 0.717) is 13.0 Å². The summed E-state index contributed by atoms with van der Waals surface area (Å²) in [6.45, 7) is 8.26. The molecule has 1 atom stereocenters. The monoisotopic (exact) mass is 317 g/mol. The molecule has 0 radical (unpaired) electrons. The number of alkyl halides is 2. The highest BCUT2D eigenvalue weighted by Crippen LogP contribution is 2.22. The lowest BCUT2D eigenvalue weighted by molar-refractivity contribution is 0.0883. The number of hydrogen-bond donors (Lipinski definition) is 2. The topological polar surface area (TPSA) is 67.2 Å². The summed E-state index contributed by atoms with van der Waals surface area (Å²) in [5, 5.41) is 16.2. The molecule has 0 bridgehead atoms. The minimum Gasteiger partial charge on any atom is -0.391 e. The van der Waals surface area contributed by atoms with Crippen molar-refractivity contribution in [2.75, 3.05) is 6.54 Å². The van der Waals surface area contributed by atoms with Gasteiger partial charge in [-0.05, 0) is 18.3 Å². The zero-order valence-corrected chi connectivity index (χ0v) is 13.5. The van der Waals surface area contributed by atoms with Gasteiger partial charge in [0.1, 0.15) is 0 Å². The highest BCUT2D eigenvalue weighted by atomic mass is 19.3. The van der Waals surface area contributed by atoms with E-state index in [9.17, 15) is 18.7 Å². The van der Waals surface area contributed by atoms with Crippen LogP contribution in [0.2, 0.25) is 0 Å². The fraction of sp³-hybridized carbons (Fsp3) is 0.733. The maximum atomic E-state index is 13.0. The van der Waals surface area contributed by atoms with Gasteiger partial charge in [0.25, 0.3) is 12.3 Å². The van der Waals surface area contributed by atoms with Crippen LogP contribution >= 0.6 is 0 Å². The molecule has 0 spiro atoms. The number of amides is 1. The first kappa shape index (κ1) is 18.5. The Hall–Kier alpha value is -1.50. The average molecular weight is 317 g/mol. The number of halogens is 2. The van der Waals surface area contributed by atoms with Gasteiger partial charge in [-0.2, -0.15) is 5.10 Å². The van der Waals surface area contributed by atoms with Crippen molar-refractivity contribution in [3.05, 3.63) is 17.5 Å². The van der Waals surface area contributed by atoms with Crippen LogP contribution in [0.1, 0.15) is 56.6 Å². The molecule has 1 rings (SSSR count). The van der Waals surface area contributed by atoms with Gasteiger partial charge in [0, 0.05) is 19.3 Å². The second-order valence-corrected chi connectivity index (χ2v) is 6.34. The van der Waals surface area contributed by atoms with E-state index >= 15 is 0 Å². The second-order valence-electron chi connectivity index (χ2n) is 6.34. The molecule has 1 aromatic heterocycles. The third kappa shape index (κ3) is 5.71. The van der Waals surface area contributed by atoms with E-state index in [-0.39, 0.29) is 29.6 Å². The van der Waals surface area contributed by atoms with Crippen LogP contribution in [0.3, 0.4) is 0 Å². The Balaban J connectivity index is 2.76. The summed E-state index contributed by atoms with van der Waals surface area (Å²) >= 11 is 0. The molecule has 0 aliphatic carbocycles. The number of carbonyl (C=O) groups excluding carboxylic acids is 1. The molecular formula is C15H25F2N3O2. The molecule has 0 aliphatic heterocycles. The number of aromatic nitrogens is 2. The van der Waals surface area contributed by atoms with Gasteiger partial charge in [-0.25, -0.2) is 8.78 Å². The Morgan fingerprint density at radius 3 is 2.45 bits per heavy atom. The highest BCUT2D eigenvalue weighted by molar-refractivity contribution is 5.93. The van der Waals surface area contributed by atoms with Gasteiger partial charge >= 0.3 is 0 Å². The maximum absolute atomic E-state index is 13.0. The van der Waals surface area contributed by atoms with E-state index in [4.69, 9.17) is 0 Å². The zero-order chi connectivity index (χ0) is 16.9. The first-order valence-corrected chi connectivity index (χ1v) is 7.52. The second kappa shape index (κ2) is 8.22. The number of carbonyl (C=O) groups is 1. The van der Waals surface area contributed by atoms with Gasteiger partial charge in [0.15, 0.2) is 5.69 Å². The predicted octanol–water partition coefficient (Wildman–Crippen LogP) is 2.61. The van der Waals surface area contributed by atoms with Crippen molar-refractivity contribution in [1.29, 1.82) is 0 Å². The van der Waals surface area contributed by atoms with Crippen LogP contribution in [0.25, 0.3) is 0 Å². The molecule has 7 heteroatoms. The molecule has 0 saturated heterocycles. The van der Waals surface area contributed by atoms with E-state index in [1.807, 2.05) is 27.7 Å². The van der Waals surface area contributed by atoms with E-state index < -0.39 is 18.4 Å². The lowest BCUT2D eigenvalue weighted by Crippen LogP contribution is -2.33. The van der Waals surface area contributed by atoms with Crippen LogP contribution in [0.15, 0.2) is 6.20 Å². The highest BCUT2D eigenvalue weighted by Gasteiger charge is 2.23. The molecule has 1 heterocycles. The summed E-state index contributed by atoms with van der Waals surface area (Å²) in [7, 11) is 0. The van der Waals surface area contributed by atoms with E-state index in [2.05, 4.69) is 10.4 Å². The third-order valence-corrected chi connectivity index (χ3v) is 3.03. The van der Waals surface area contributed by atoms with Gasteiger partial charge < -0.3 is 10.4 Å². The molecule has 0 fully saturated rings. The zero-order valence-electron chi connectivity index (χ0n) is 13.5. The van der Waals surface area contributed by atoms with E-state index in [1.54, 1.807) is 0 Å². The third-order valence-electron chi connectivity index (χ3n) is 3.03. The van der Waals surface area contributed by atoms with Gasteiger partial charge in [0.05, 0.1) is 11.7 Å². The van der Waals surface area contributed by atoms with Crippen LogP contribution in [0, 0.1) is 11.8 Å². The van der Waals surface area contributed by atoms with Crippen LogP contribution in [0.4, 0.5) is 8.78 Å². The summed E-state index contributed by atoms with van der Waals surface area (Å²) in [4.78, 5) is 12.0. The number of aliphatic hydroxyl groups excluding tert-OH is 1. The van der Waals surface area contributed by atoms with Crippen LogP contribution in [-0.2, 0) is 6.54 Å². The fourth-order valence-corrected chi connectivity index (χ4v) is 2.16. The molecule has 0 aliphatic rings. The Bertz CT molecular complexity index is 487. The summed E-state index contributed by atoms with van der Waals surface area (Å²) in [5.74, 6) is -0.163. The predicted molar refractivity (Wildman–Crippen MR) is 79.8 cm³/mol. The number of hydrogen-bond acceptors (Lipinski definition) is 3. The Morgan fingerprint density at radius 2 is 1.95 bits per heavy atom. The van der Waals surface area contributed by atoms with Gasteiger partial charge in [-0.1, -0.05) is 27.7 Å². The minimum atomic E-state index is -2.76. The normalized spacial score (nSPS) is 13.2. The van der Waals surface area contributed by atoms with Crippen molar-refractivity contribution in [3.8, 4) is 0 Å². The number of nitrogens with one attached hydrogen (secondary N) is 1. The van der Waals surface area contributed by atoms with Crippen molar-refractivity contribution in [3.63, 3.8) is 0 Å². The van der Waals surface area contributed by atoms with Gasteiger partial charge in [-0.3, -0.25) is 9.48 Å². The Kier molecular flexibility index (Phi) is 6.93. The SMILES string of the molecule is CC(C)CC(O)CNC(=O)c1nn(CC(C)C)cc1C(F)F. The lowest BCUT2D eigenvalue weighted by atomic mass is 10.1. The summed E-state index contributed by atoms with van der Waals surface area (Å²) < 4.78 is 27.4. The molecule has 0 aromatic carbocycles. The van der Waals surface area contributed by atoms with Gasteiger partial charge in [0.2, 0.25) is 0 Å². The Labute approximate surface area is 129 Å². The molecule has 0 saturated carbocycles. The first-order valence-electron chi connectivity index (χ1n) is 7.52. The van der Waals surface area contributed by atoms with Gasteiger partial charge in [-0.15, -0.1) is 0 Å². The number of nitrogens with zero attached hydrogens (tertiary/aromatic N) is 2. The van der Waals surface area contributed by atoms with Crippen molar-refractivity contribution < 1.29 is 18.7 Å². The lowest BCUT2D eigenvalue weighted by Gasteiger charge is -2.13. The number of rotatable bonds is 8. The van der Waals surface area contributed by atoms with Crippen molar-refractivity contribution in [2.24, 2.45) is 11.8 Å². The number of aliphatic hydroxyl groups is 1. The Morgan fingerprint density at radius 1 is 1.32 bits per heavy atom. The van der Waals surface area contributed by atoms with E-state index in [0.717, 1.165) is 0 Å². The molecule has 5 nitrogen and oxygen atoms in total. The minimum absolute atomic E-state index is 0.0245. The molecule has 1 unspecified atom stereocenters. The van der Waals surface area contributed by atoms with Crippen LogP contribution < -0.4 is 5.32 Å². The smallest absolute Gasteiger partial charge is 0.272 e. The summed E-state index contributed by atoms with van der Waals surface area (Å²) in [6.07, 6.45) is -1.72. The molecular weight excluding hydrogens is 292 g/mol. The molecule has 126 valence electrons. The summed E-state index contributed by atoms with van der Waals surface area (Å²) in [5.41, 5.74) is -0.649. The largest absolute Gasteiger partial charge is 0.391 e. The molecule has 1 aromatic rings. The quantitative estimate of drug-likeness (QED) is 0.774. The van der Waals surface area contributed by atoms with Crippen molar-refractivity contribution >= 4 is 5.91 Å². The standard InChI is InChI=1S/C15H25F2N3O2/c1-9(2)5-11(21)6-18-15(22)13-12(14(16)17)8-20(19-13)7-10(3)4/h8-11,14,21H,5-7H2,1-4H3,(H,18,22). The van der Waals surface area contributed by atoms with Crippen LogP contribution in [0.5, 0.6) is 0 Å². The van der Waals surface area contributed by atoms with E-state index in [1.165, 1.54) is 10.9 Å². The van der Waals surface area contributed by atoms with Crippen molar-refractivity contribution in [1.82, 2.24) is 15.1 Å².